The van der Waals surface area contributed by atoms with Crippen molar-refractivity contribution in [3.05, 3.63) is 0 Å². The predicted octanol–water partition coefficient (Wildman–Crippen LogP) is 2.39. The first kappa shape index (κ1) is 12.7. The molecule has 1 saturated heterocycles. The molecule has 1 heterocycles. The summed E-state index contributed by atoms with van der Waals surface area (Å²) < 4.78 is 0. The van der Waals surface area contributed by atoms with Gasteiger partial charge in [0.1, 0.15) is 5.72 Å². The summed E-state index contributed by atoms with van der Waals surface area (Å²) in [5.74, 6) is 0.343. The highest BCUT2D eigenvalue weighted by Crippen LogP contribution is 2.49. The van der Waals surface area contributed by atoms with Crippen molar-refractivity contribution in [2.75, 3.05) is 7.05 Å². The SMILES string of the molecule is CN1C(=S)NC2(CCCCC2)[C@@H]2CCCC[C@]21O. The molecule has 0 aromatic rings. The second-order valence-corrected chi connectivity index (χ2v) is 6.77. The van der Waals surface area contributed by atoms with Crippen LogP contribution >= 0.6 is 12.2 Å². The van der Waals surface area contributed by atoms with Gasteiger partial charge in [-0.25, -0.2) is 0 Å². The minimum atomic E-state index is -0.697. The molecule has 2 aliphatic carbocycles. The molecule has 0 aromatic heterocycles. The Hall–Kier alpha value is -0.350. The fourth-order valence-electron chi connectivity index (χ4n) is 4.48. The van der Waals surface area contributed by atoms with Gasteiger partial charge in [-0.05, 0) is 44.3 Å². The lowest BCUT2D eigenvalue weighted by Crippen LogP contribution is -2.74. The highest BCUT2D eigenvalue weighted by Gasteiger charge is 2.57. The molecule has 102 valence electrons. The number of rotatable bonds is 0. The maximum absolute atomic E-state index is 11.1. The van der Waals surface area contributed by atoms with Gasteiger partial charge in [0.15, 0.2) is 5.11 Å². The number of nitrogens with zero attached hydrogens (tertiary/aromatic N) is 1. The van der Waals surface area contributed by atoms with Gasteiger partial charge in [0.25, 0.3) is 0 Å². The molecular formula is C14H24N2OS. The van der Waals surface area contributed by atoms with Crippen LogP contribution in [0.4, 0.5) is 0 Å². The van der Waals surface area contributed by atoms with Gasteiger partial charge in [0, 0.05) is 18.5 Å². The van der Waals surface area contributed by atoms with Crippen LogP contribution in [0, 0.1) is 5.92 Å². The molecule has 0 amide bonds. The summed E-state index contributed by atoms with van der Waals surface area (Å²) in [4.78, 5) is 1.92. The third kappa shape index (κ3) is 1.68. The van der Waals surface area contributed by atoms with Crippen LogP contribution in [0.5, 0.6) is 0 Å². The molecule has 0 aromatic carbocycles. The maximum atomic E-state index is 11.1. The van der Waals surface area contributed by atoms with Gasteiger partial charge in [0.2, 0.25) is 0 Å². The first-order valence-electron chi connectivity index (χ1n) is 7.37. The van der Waals surface area contributed by atoms with E-state index in [0.717, 1.165) is 24.4 Å². The van der Waals surface area contributed by atoms with Crippen molar-refractivity contribution < 1.29 is 5.11 Å². The first-order chi connectivity index (χ1) is 8.58. The summed E-state index contributed by atoms with van der Waals surface area (Å²) in [6, 6.07) is 0. The number of aliphatic hydroxyl groups is 1. The standard InChI is InChI=1S/C14H24N2OS/c1-16-12(18)15-13(8-4-2-5-9-13)11-7-3-6-10-14(11,16)17/h11,17H,2-10H2,1H3,(H,15,18)/t11-,14-/m0/s1. The van der Waals surface area contributed by atoms with Crippen LogP contribution in [0.3, 0.4) is 0 Å². The number of thiocarbonyl (C=S) groups is 1. The average molecular weight is 268 g/mol. The number of fused-ring (bicyclic) bond motifs is 2. The average Bonchev–Trinajstić information content (AvgIpc) is 2.38. The Morgan fingerprint density at radius 1 is 1.17 bits per heavy atom. The van der Waals surface area contributed by atoms with E-state index in [1.54, 1.807) is 0 Å². The van der Waals surface area contributed by atoms with E-state index in [0.29, 0.717) is 5.92 Å². The van der Waals surface area contributed by atoms with Gasteiger partial charge < -0.3 is 15.3 Å². The zero-order valence-corrected chi connectivity index (χ0v) is 12.1. The molecule has 1 spiro atoms. The molecule has 3 fully saturated rings. The highest BCUT2D eigenvalue weighted by molar-refractivity contribution is 7.80. The maximum Gasteiger partial charge on any atom is 0.171 e. The molecule has 2 saturated carbocycles. The lowest BCUT2D eigenvalue weighted by Gasteiger charge is -2.60. The Morgan fingerprint density at radius 3 is 2.56 bits per heavy atom. The van der Waals surface area contributed by atoms with Crippen molar-refractivity contribution in [1.82, 2.24) is 10.2 Å². The lowest BCUT2D eigenvalue weighted by molar-refractivity contribution is -0.173. The summed E-state index contributed by atoms with van der Waals surface area (Å²) in [5.41, 5.74) is -0.616. The molecular weight excluding hydrogens is 244 g/mol. The fourth-order valence-corrected chi connectivity index (χ4v) is 4.84. The molecule has 3 rings (SSSR count). The van der Waals surface area contributed by atoms with Gasteiger partial charge in [-0.2, -0.15) is 0 Å². The molecule has 0 radical (unpaired) electrons. The Morgan fingerprint density at radius 2 is 1.83 bits per heavy atom. The van der Waals surface area contributed by atoms with Crippen LogP contribution < -0.4 is 5.32 Å². The Labute approximate surface area is 115 Å². The van der Waals surface area contributed by atoms with Gasteiger partial charge in [-0.15, -0.1) is 0 Å². The third-order valence-electron chi connectivity index (χ3n) is 5.50. The summed E-state index contributed by atoms with van der Waals surface area (Å²) >= 11 is 5.48. The smallest absolute Gasteiger partial charge is 0.171 e. The van der Waals surface area contributed by atoms with E-state index in [1.807, 2.05) is 11.9 Å². The van der Waals surface area contributed by atoms with Crippen molar-refractivity contribution in [1.29, 1.82) is 0 Å². The van der Waals surface area contributed by atoms with E-state index < -0.39 is 5.72 Å². The molecule has 18 heavy (non-hydrogen) atoms. The lowest BCUT2D eigenvalue weighted by atomic mass is 9.62. The van der Waals surface area contributed by atoms with Gasteiger partial charge in [-0.3, -0.25) is 0 Å². The van der Waals surface area contributed by atoms with E-state index in [-0.39, 0.29) is 5.54 Å². The first-order valence-corrected chi connectivity index (χ1v) is 7.78. The predicted molar refractivity (Wildman–Crippen MR) is 76.2 cm³/mol. The number of nitrogens with one attached hydrogen (secondary N) is 1. The topological polar surface area (TPSA) is 35.5 Å². The van der Waals surface area contributed by atoms with Gasteiger partial charge in [0.05, 0.1) is 0 Å². The molecule has 2 N–H and O–H groups in total. The zero-order chi connectivity index (χ0) is 12.8. The van der Waals surface area contributed by atoms with Gasteiger partial charge >= 0.3 is 0 Å². The van der Waals surface area contributed by atoms with Crippen LogP contribution in [-0.2, 0) is 0 Å². The minimum absolute atomic E-state index is 0.0804. The van der Waals surface area contributed by atoms with Crippen LogP contribution in [0.25, 0.3) is 0 Å². The van der Waals surface area contributed by atoms with Crippen LogP contribution in [0.1, 0.15) is 57.8 Å². The Balaban J connectivity index is 1.97. The van der Waals surface area contributed by atoms with Gasteiger partial charge in [-0.1, -0.05) is 25.7 Å². The largest absolute Gasteiger partial charge is 0.370 e. The van der Waals surface area contributed by atoms with E-state index in [2.05, 4.69) is 5.32 Å². The van der Waals surface area contributed by atoms with E-state index in [4.69, 9.17) is 12.2 Å². The zero-order valence-electron chi connectivity index (χ0n) is 11.2. The van der Waals surface area contributed by atoms with Crippen molar-refractivity contribution in [3.8, 4) is 0 Å². The van der Waals surface area contributed by atoms with Crippen molar-refractivity contribution in [2.24, 2.45) is 5.92 Å². The van der Waals surface area contributed by atoms with E-state index in [9.17, 15) is 5.11 Å². The molecule has 4 heteroatoms. The van der Waals surface area contributed by atoms with Crippen molar-refractivity contribution in [3.63, 3.8) is 0 Å². The summed E-state index contributed by atoms with van der Waals surface area (Å²) in [6.45, 7) is 0. The quantitative estimate of drug-likeness (QED) is 0.661. The second-order valence-electron chi connectivity index (χ2n) is 6.38. The van der Waals surface area contributed by atoms with Crippen molar-refractivity contribution in [2.45, 2.75) is 69.1 Å². The normalized spacial score (nSPS) is 39.3. The van der Waals surface area contributed by atoms with Crippen LogP contribution in [-0.4, -0.2) is 33.4 Å². The Kier molecular flexibility index (Phi) is 3.06. The van der Waals surface area contributed by atoms with Crippen LogP contribution in [0.15, 0.2) is 0 Å². The minimum Gasteiger partial charge on any atom is -0.370 e. The van der Waals surface area contributed by atoms with E-state index >= 15 is 0 Å². The van der Waals surface area contributed by atoms with Crippen molar-refractivity contribution >= 4 is 17.3 Å². The monoisotopic (exact) mass is 268 g/mol. The van der Waals surface area contributed by atoms with E-state index in [1.165, 1.54) is 38.5 Å². The second kappa shape index (κ2) is 4.34. The highest BCUT2D eigenvalue weighted by atomic mass is 32.1. The fraction of sp³-hybridized carbons (Fsp3) is 0.929. The summed E-state index contributed by atoms with van der Waals surface area (Å²) in [6.07, 6.45) is 10.6. The molecule has 0 bridgehead atoms. The molecule has 2 atom stereocenters. The molecule has 3 nitrogen and oxygen atoms in total. The molecule has 3 aliphatic rings. The number of hydrogen-bond acceptors (Lipinski definition) is 2. The van der Waals surface area contributed by atoms with Crippen LogP contribution in [0.2, 0.25) is 0 Å². The molecule has 0 unspecified atom stereocenters. The Bertz CT molecular complexity index is 354. The summed E-state index contributed by atoms with van der Waals surface area (Å²) in [7, 11) is 1.95. The number of hydrogen-bond donors (Lipinski definition) is 2. The molecule has 1 aliphatic heterocycles. The summed E-state index contributed by atoms with van der Waals surface area (Å²) in [5, 5.41) is 15.5. The third-order valence-corrected chi connectivity index (χ3v) is 5.88.